The quantitative estimate of drug-likeness (QED) is 0.739. The van der Waals surface area contributed by atoms with Crippen LogP contribution in [0.1, 0.15) is 19.3 Å². The molecule has 1 aliphatic heterocycles. The van der Waals surface area contributed by atoms with Gasteiger partial charge in [-0.25, -0.2) is 4.98 Å². The highest BCUT2D eigenvalue weighted by Crippen LogP contribution is 2.10. The van der Waals surface area contributed by atoms with E-state index in [0.29, 0.717) is 5.82 Å². The third-order valence-electron chi connectivity index (χ3n) is 2.96. The molecule has 1 fully saturated rings. The van der Waals surface area contributed by atoms with Crippen LogP contribution < -0.4 is 11.1 Å². The Kier molecular flexibility index (Phi) is 3.99. The van der Waals surface area contributed by atoms with Crippen LogP contribution >= 0.6 is 0 Å². The van der Waals surface area contributed by atoms with E-state index in [-0.39, 0.29) is 0 Å². The monoisotopic (exact) mass is 220 g/mol. The van der Waals surface area contributed by atoms with Gasteiger partial charge in [0.1, 0.15) is 5.82 Å². The molecule has 2 rings (SSSR count). The minimum absolute atomic E-state index is 0.574. The lowest BCUT2D eigenvalue weighted by Gasteiger charge is -2.14. The van der Waals surface area contributed by atoms with E-state index in [4.69, 9.17) is 5.73 Å². The number of nitrogen functional groups attached to an aromatic ring is 1. The summed E-state index contributed by atoms with van der Waals surface area (Å²) in [5.74, 6) is 0.574. The second-order valence-corrected chi connectivity index (χ2v) is 4.30. The maximum atomic E-state index is 5.60. The molecule has 1 aliphatic rings. The van der Waals surface area contributed by atoms with Gasteiger partial charge >= 0.3 is 0 Å². The number of nitrogens with zero attached hydrogens (tertiary/aromatic N) is 2. The predicted molar refractivity (Wildman–Crippen MR) is 67.4 cm³/mol. The molecule has 2 heterocycles. The number of pyridine rings is 1. The van der Waals surface area contributed by atoms with Crippen molar-refractivity contribution >= 4 is 11.5 Å². The Morgan fingerprint density at radius 2 is 2.19 bits per heavy atom. The van der Waals surface area contributed by atoms with Crippen molar-refractivity contribution in [2.75, 3.05) is 37.2 Å². The summed E-state index contributed by atoms with van der Waals surface area (Å²) in [5, 5.41) is 3.36. The molecule has 1 aromatic heterocycles. The first-order chi connectivity index (χ1) is 7.84. The van der Waals surface area contributed by atoms with Crippen LogP contribution in [0.25, 0.3) is 0 Å². The van der Waals surface area contributed by atoms with Crippen molar-refractivity contribution in [3.63, 3.8) is 0 Å². The molecule has 16 heavy (non-hydrogen) atoms. The fourth-order valence-corrected chi connectivity index (χ4v) is 2.10. The summed E-state index contributed by atoms with van der Waals surface area (Å²) >= 11 is 0. The summed E-state index contributed by atoms with van der Waals surface area (Å²) in [6.07, 6.45) is 5.66. The molecule has 1 aromatic rings. The summed E-state index contributed by atoms with van der Waals surface area (Å²) in [7, 11) is 0. The van der Waals surface area contributed by atoms with Gasteiger partial charge in [0.25, 0.3) is 0 Å². The zero-order chi connectivity index (χ0) is 11.2. The fraction of sp³-hybridized carbons (Fsp3) is 0.583. The van der Waals surface area contributed by atoms with Crippen molar-refractivity contribution in [3.8, 4) is 0 Å². The Balaban J connectivity index is 1.64. The first-order valence-corrected chi connectivity index (χ1v) is 6.02. The fourth-order valence-electron chi connectivity index (χ4n) is 2.10. The number of hydrogen-bond donors (Lipinski definition) is 2. The lowest BCUT2D eigenvalue weighted by atomic mass is 10.3. The van der Waals surface area contributed by atoms with E-state index in [9.17, 15) is 0 Å². The van der Waals surface area contributed by atoms with Gasteiger partial charge < -0.3 is 16.0 Å². The van der Waals surface area contributed by atoms with Crippen LogP contribution in [0.15, 0.2) is 18.3 Å². The highest BCUT2D eigenvalue weighted by atomic mass is 15.1. The number of aromatic nitrogens is 1. The van der Waals surface area contributed by atoms with Crippen molar-refractivity contribution in [2.45, 2.75) is 19.3 Å². The minimum Gasteiger partial charge on any atom is -0.385 e. The van der Waals surface area contributed by atoms with Gasteiger partial charge in [-0.15, -0.1) is 0 Å². The second-order valence-electron chi connectivity index (χ2n) is 4.30. The first-order valence-electron chi connectivity index (χ1n) is 6.02. The van der Waals surface area contributed by atoms with Crippen molar-refractivity contribution in [2.24, 2.45) is 0 Å². The van der Waals surface area contributed by atoms with E-state index in [2.05, 4.69) is 15.2 Å². The number of hydrogen-bond acceptors (Lipinski definition) is 4. The van der Waals surface area contributed by atoms with Crippen molar-refractivity contribution in [3.05, 3.63) is 18.3 Å². The second kappa shape index (κ2) is 5.70. The van der Waals surface area contributed by atoms with Gasteiger partial charge in [-0.1, -0.05) is 0 Å². The first kappa shape index (κ1) is 11.2. The van der Waals surface area contributed by atoms with Crippen LogP contribution in [0.4, 0.5) is 11.5 Å². The molecule has 88 valence electrons. The average Bonchev–Trinajstić information content (AvgIpc) is 2.77. The summed E-state index contributed by atoms with van der Waals surface area (Å²) in [6, 6.07) is 3.82. The summed E-state index contributed by atoms with van der Waals surface area (Å²) in [5.41, 5.74) is 6.67. The topological polar surface area (TPSA) is 54.2 Å². The molecule has 0 atom stereocenters. The van der Waals surface area contributed by atoms with Gasteiger partial charge in [-0.05, 0) is 45.0 Å². The lowest BCUT2D eigenvalue weighted by Crippen LogP contribution is -2.22. The van der Waals surface area contributed by atoms with Gasteiger partial charge in [-0.2, -0.15) is 0 Å². The van der Waals surface area contributed by atoms with E-state index in [0.717, 1.165) is 12.2 Å². The molecule has 0 aromatic carbocycles. The van der Waals surface area contributed by atoms with Crippen LogP contribution in [0, 0.1) is 0 Å². The van der Waals surface area contributed by atoms with Crippen LogP contribution in [0.3, 0.4) is 0 Å². The van der Waals surface area contributed by atoms with Crippen molar-refractivity contribution < 1.29 is 0 Å². The zero-order valence-electron chi connectivity index (χ0n) is 9.65. The minimum atomic E-state index is 0.574. The van der Waals surface area contributed by atoms with Gasteiger partial charge in [-0.3, -0.25) is 0 Å². The molecule has 0 spiro atoms. The summed E-state index contributed by atoms with van der Waals surface area (Å²) in [4.78, 5) is 6.49. The Morgan fingerprint density at radius 1 is 1.38 bits per heavy atom. The maximum Gasteiger partial charge on any atom is 0.125 e. The zero-order valence-corrected chi connectivity index (χ0v) is 9.65. The number of rotatable bonds is 5. The molecule has 4 nitrogen and oxygen atoms in total. The smallest absolute Gasteiger partial charge is 0.125 e. The third-order valence-corrected chi connectivity index (χ3v) is 2.96. The largest absolute Gasteiger partial charge is 0.385 e. The SMILES string of the molecule is Nc1cc(NCCCN2CCCC2)ccn1. The van der Waals surface area contributed by atoms with Crippen molar-refractivity contribution in [1.82, 2.24) is 9.88 Å². The lowest BCUT2D eigenvalue weighted by molar-refractivity contribution is 0.337. The number of likely N-dealkylation sites (tertiary alicyclic amines) is 1. The van der Waals surface area contributed by atoms with Gasteiger partial charge in [0.05, 0.1) is 0 Å². The molecule has 0 amide bonds. The summed E-state index contributed by atoms with van der Waals surface area (Å²) < 4.78 is 0. The Hall–Kier alpha value is -1.29. The normalized spacial score (nSPS) is 16.5. The number of nitrogens with one attached hydrogen (secondary N) is 1. The molecule has 1 saturated heterocycles. The van der Waals surface area contributed by atoms with E-state index >= 15 is 0 Å². The van der Waals surface area contributed by atoms with Crippen LogP contribution in [0.2, 0.25) is 0 Å². The predicted octanol–water partition coefficient (Wildman–Crippen LogP) is 1.56. The van der Waals surface area contributed by atoms with Crippen molar-refractivity contribution in [1.29, 1.82) is 0 Å². The number of anilines is 2. The average molecular weight is 220 g/mol. The molecule has 0 bridgehead atoms. The van der Waals surface area contributed by atoms with E-state index in [1.807, 2.05) is 12.1 Å². The molecule has 0 unspecified atom stereocenters. The standard InChI is InChI=1S/C12H20N4/c13-12-10-11(4-6-15-12)14-5-3-9-16-7-1-2-8-16/h4,6,10H,1-3,5,7-9H2,(H3,13,14,15). The molecule has 4 heteroatoms. The van der Waals surface area contributed by atoms with E-state index < -0.39 is 0 Å². The molecule has 0 aliphatic carbocycles. The van der Waals surface area contributed by atoms with Gasteiger partial charge in [0, 0.05) is 24.5 Å². The number of nitrogens with two attached hydrogens (primary N) is 1. The molecular weight excluding hydrogens is 200 g/mol. The van der Waals surface area contributed by atoms with Gasteiger partial charge in [0.15, 0.2) is 0 Å². The van der Waals surface area contributed by atoms with E-state index in [1.54, 1.807) is 6.20 Å². The van der Waals surface area contributed by atoms with Gasteiger partial charge in [0.2, 0.25) is 0 Å². The molecule has 0 radical (unpaired) electrons. The Bertz CT molecular complexity index is 321. The van der Waals surface area contributed by atoms with Crippen LogP contribution in [0.5, 0.6) is 0 Å². The van der Waals surface area contributed by atoms with E-state index in [1.165, 1.54) is 38.9 Å². The molecule has 3 N–H and O–H groups in total. The van der Waals surface area contributed by atoms with Crippen LogP contribution in [-0.4, -0.2) is 36.1 Å². The maximum absolute atomic E-state index is 5.60. The molecular formula is C12H20N4. The van der Waals surface area contributed by atoms with Crippen LogP contribution in [-0.2, 0) is 0 Å². The Labute approximate surface area is 96.8 Å². The molecule has 0 saturated carbocycles. The highest BCUT2D eigenvalue weighted by molar-refractivity contribution is 5.49. The Morgan fingerprint density at radius 3 is 2.94 bits per heavy atom. The third kappa shape index (κ3) is 3.38. The summed E-state index contributed by atoms with van der Waals surface area (Å²) in [6.45, 7) is 4.76. The highest BCUT2D eigenvalue weighted by Gasteiger charge is 2.09.